The molecule has 0 fully saturated rings. The summed E-state index contributed by atoms with van der Waals surface area (Å²) < 4.78 is 2.60. The third-order valence-electron chi connectivity index (χ3n) is 4.79. The summed E-state index contributed by atoms with van der Waals surface area (Å²) in [6.45, 7) is 5.65. The average molecular weight is 457 g/mol. The highest BCUT2D eigenvalue weighted by atomic mass is 79.9. The van der Waals surface area contributed by atoms with Crippen LogP contribution in [0.15, 0.2) is 53.0 Å². The van der Waals surface area contributed by atoms with Crippen LogP contribution < -0.4 is 5.32 Å². The number of rotatable bonds is 6. The van der Waals surface area contributed by atoms with Crippen LogP contribution in [-0.2, 0) is 6.54 Å². The topological polar surface area (TPSA) is 90.1 Å². The van der Waals surface area contributed by atoms with Gasteiger partial charge in [0, 0.05) is 10.0 Å². The smallest absolute Gasteiger partial charge is 0.312 e. The lowest BCUT2D eigenvalue weighted by molar-refractivity contribution is -0.386. The van der Waals surface area contributed by atoms with Gasteiger partial charge in [-0.25, -0.2) is 0 Å². The maximum Gasteiger partial charge on any atom is 0.312 e. The minimum Gasteiger partial charge on any atom is -0.346 e. The standard InChI is InChI=1S/C21H21BrN4O3/c1-13(17-8-10-19(22)11-9-17)23-21(27)18-6-4-16(5-7-18)12-25-15(3)20(26(28)29)14(2)24-25/h4-11,13H,12H2,1-3H3,(H,23,27). The minimum atomic E-state index is -0.409. The first-order chi connectivity index (χ1) is 13.8. The molecule has 0 radical (unpaired) electrons. The Balaban J connectivity index is 1.68. The van der Waals surface area contributed by atoms with Crippen LogP contribution in [0.4, 0.5) is 5.69 Å². The van der Waals surface area contributed by atoms with Crippen LogP contribution in [0.1, 0.15) is 45.8 Å². The first kappa shape index (κ1) is 20.7. The number of hydrogen-bond donors (Lipinski definition) is 1. The Morgan fingerprint density at radius 3 is 2.34 bits per heavy atom. The largest absolute Gasteiger partial charge is 0.346 e. The summed E-state index contributed by atoms with van der Waals surface area (Å²) in [5.41, 5.74) is 3.43. The molecule has 150 valence electrons. The summed E-state index contributed by atoms with van der Waals surface area (Å²) in [6, 6.07) is 14.9. The number of amides is 1. The molecule has 0 aliphatic heterocycles. The van der Waals surface area contributed by atoms with E-state index in [-0.39, 0.29) is 17.6 Å². The van der Waals surface area contributed by atoms with Crippen molar-refractivity contribution in [3.05, 3.63) is 91.2 Å². The normalized spacial score (nSPS) is 11.9. The maximum atomic E-state index is 12.5. The SMILES string of the molecule is Cc1nn(Cc2ccc(C(=O)NC(C)c3ccc(Br)cc3)cc2)c(C)c1[N+](=O)[O-]. The van der Waals surface area contributed by atoms with Gasteiger partial charge in [-0.05, 0) is 56.2 Å². The van der Waals surface area contributed by atoms with Crippen molar-refractivity contribution in [2.24, 2.45) is 0 Å². The number of nitrogens with zero attached hydrogens (tertiary/aromatic N) is 3. The van der Waals surface area contributed by atoms with E-state index in [1.54, 1.807) is 30.7 Å². The van der Waals surface area contributed by atoms with E-state index in [4.69, 9.17) is 0 Å². The number of halogens is 1. The van der Waals surface area contributed by atoms with Crippen LogP contribution in [0, 0.1) is 24.0 Å². The molecule has 29 heavy (non-hydrogen) atoms. The molecule has 0 bridgehead atoms. The lowest BCUT2D eigenvalue weighted by Crippen LogP contribution is -2.26. The zero-order valence-corrected chi connectivity index (χ0v) is 17.9. The number of nitrogens with one attached hydrogen (secondary N) is 1. The zero-order valence-electron chi connectivity index (χ0n) is 16.3. The number of carbonyl (C=O) groups excluding carboxylic acids is 1. The molecule has 1 atom stereocenters. The lowest BCUT2D eigenvalue weighted by atomic mass is 10.1. The highest BCUT2D eigenvalue weighted by molar-refractivity contribution is 9.10. The summed E-state index contributed by atoms with van der Waals surface area (Å²) in [6.07, 6.45) is 0. The van der Waals surface area contributed by atoms with Gasteiger partial charge in [-0.15, -0.1) is 0 Å². The van der Waals surface area contributed by atoms with E-state index in [1.807, 2.05) is 43.3 Å². The zero-order chi connectivity index (χ0) is 21.1. The quantitative estimate of drug-likeness (QED) is 0.429. The van der Waals surface area contributed by atoms with Crippen molar-refractivity contribution in [2.75, 3.05) is 0 Å². The number of benzene rings is 2. The molecule has 8 heteroatoms. The number of hydrogen-bond acceptors (Lipinski definition) is 4. The fourth-order valence-electron chi connectivity index (χ4n) is 3.15. The van der Waals surface area contributed by atoms with E-state index in [2.05, 4.69) is 26.3 Å². The van der Waals surface area contributed by atoms with Gasteiger partial charge in [-0.2, -0.15) is 5.10 Å². The summed E-state index contributed by atoms with van der Waals surface area (Å²) >= 11 is 3.40. The van der Waals surface area contributed by atoms with Crippen LogP contribution in [0.3, 0.4) is 0 Å². The molecule has 1 heterocycles. The van der Waals surface area contributed by atoms with Gasteiger partial charge in [-0.1, -0.05) is 40.2 Å². The maximum absolute atomic E-state index is 12.5. The molecule has 1 N–H and O–H groups in total. The van der Waals surface area contributed by atoms with Crippen molar-refractivity contribution in [1.29, 1.82) is 0 Å². The molecule has 2 aromatic carbocycles. The van der Waals surface area contributed by atoms with E-state index >= 15 is 0 Å². The molecule has 0 aliphatic rings. The van der Waals surface area contributed by atoms with Crippen molar-refractivity contribution >= 4 is 27.5 Å². The molecule has 0 saturated carbocycles. The van der Waals surface area contributed by atoms with Crippen LogP contribution >= 0.6 is 15.9 Å². The van der Waals surface area contributed by atoms with Crippen LogP contribution in [0.2, 0.25) is 0 Å². The third kappa shape index (κ3) is 4.71. The Morgan fingerprint density at radius 1 is 1.17 bits per heavy atom. The van der Waals surface area contributed by atoms with Gasteiger partial charge < -0.3 is 5.32 Å². The molecule has 3 aromatic rings. The second-order valence-electron chi connectivity index (χ2n) is 6.88. The van der Waals surface area contributed by atoms with E-state index in [0.717, 1.165) is 15.6 Å². The van der Waals surface area contributed by atoms with Gasteiger partial charge in [-0.3, -0.25) is 19.6 Å². The van der Waals surface area contributed by atoms with E-state index < -0.39 is 4.92 Å². The first-order valence-electron chi connectivity index (χ1n) is 9.10. The second-order valence-corrected chi connectivity index (χ2v) is 7.79. The van der Waals surface area contributed by atoms with E-state index in [0.29, 0.717) is 23.5 Å². The van der Waals surface area contributed by atoms with E-state index in [9.17, 15) is 14.9 Å². The average Bonchev–Trinajstić information content (AvgIpc) is 2.96. The summed E-state index contributed by atoms with van der Waals surface area (Å²) in [5.74, 6) is -0.159. The molecule has 0 saturated heterocycles. The Kier molecular flexibility index (Phi) is 6.12. The Labute approximate surface area is 177 Å². The fraction of sp³-hybridized carbons (Fsp3) is 0.238. The first-order valence-corrected chi connectivity index (χ1v) is 9.89. The van der Waals surface area contributed by atoms with Gasteiger partial charge in [0.2, 0.25) is 0 Å². The molecule has 7 nitrogen and oxygen atoms in total. The molecular formula is C21H21BrN4O3. The third-order valence-corrected chi connectivity index (χ3v) is 5.32. The Hall–Kier alpha value is -3.00. The number of aromatic nitrogens is 2. The summed E-state index contributed by atoms with van der Waals surface area (Å²) in [4.78, 5) is 23.3. The number of aryl methyl sites for hydroxylation is 1. The molecule has 3 rings (SSSR count). The van der Waals surface area contributed by atoms with Gasteiger partial charge in [0.25, 0.3) is 5.91 Å². The van der Waals surface area contributed by atoms with Crippen LogP contribution in [0.5, 0.6) is 0 Å². The van der Waals surface area contributed by atoms with Gasteiger partial charge >= 0.3 is 5.69 Å². The Bertz CT molecular complexity index is 1040. The highest BCUT2D eigenvalue weighted by Gasteiger charge is 2.21. The van der Waals surface area contributed by atoms with Crippen LogP contribution in [0.25, 0.3) is 0 Å². The Morgan fingerprint density at radius 2 is 1.79 bits per heavy atom. The summed E-state index contributed by atoms with van der Waals surface area (Å²) in [7, 11) is 0. The molecule has 1 aromatic heterocycles. The van der Waals surface area contributed by atoms with Gasteiger partial charge in [0.15, 0.2) is 0 Å². The fourth-order valence-corrected chi connectivity index (χ4v) is 3.42. The van der Waals surface area contributed by atoms with Crippen LogP contribution in [-0.4, -0.2) is 20.6 Å². The van der Waals surface area contributed by atoms with Crippen molar-refractivity contribution < 1.29 is 9.72 Å². The molecule has 0 spiro atoms. The molecule has 1 unspecified atom stereocenters. The van der Waals surface area contributed by atoms with Gasteiger partial charge in [0.1, 0.15) is 11.4 Å². The monoisotopic (exact) mass is 456 g/mol. The highest BCUT2D eigenvalue weighted by Crippen LogP contribution is 2.23. The van der Waals surface area contributed by atoms with Crippen molar-refractivity contribution in [1.82, 2.24) is 15.1 Å². The van der Waals surface area contributed by atoms with Gasteiger partial charge in [0.05, 0.1) is 17.5 Å². The predicted octanol–water partition coefficient (Wildman–Crippen LogP) is 4.71. The van der Waals surface area contributed by atoms with E-state index in [1.165, 1.54) is 0 Å². The predicted molar refractivity (Wildman–Crippen MR) is 114 cm³/mol. The number of carbonyl (C=O) groups is 1. The van der Waals surface area contributed by atoms with Crippen molar-refractivity contribution in [3.63, 3.8) is 0 Å². The summed E-state index contributed by atoms with van der Waals surface area (Å²) in [5, 5.41) is 18.4. The minimum absolute atomic E-state index is 0.0444. The second kappa shape index (κ2) is 8.57. The molecule has 0 aliphatic carbocycles. The van der Waals surface area contributed by atoms with Crippen molar-refractivity contribution in [3.8, 4) is 0 Å². The number of nitro groups is 1. The molecular weight excluding hydrogens is 436 g/mol. The lowest BCUT2D eigenvalue weighted by Gasteiger charge is -2.15. The van der Waals surface area contributed by atoms with Crippen molar-refractivity contribution in [2.45, 2.75) is 33.4 Å². The molecule has 1 amide bonds.